The molecule has 1 aromatic carbocycles. The Balaban J connectivity index is 1.55. The molecule has 0 saturated carbocycles. The van der Waals surface area contributed by atoms with E-state index in [2.05, 4.69) is 15.5 Å². The molecule has 1 N–H and O–H groups in total. The highest BCUT2D eigenvalue weighted by molar-refractivity contribution is 6.05. The van der Waals surface area contributed by atoms with E-state index in [4.69, 9.17) is 13.7 Å². The number of hydrogen-bond acceptors (Lipinski definition) is 7. The summed E-state index contributed by atoms with van der Waals surface area (Å²) < 4.78 is 15.4. The Morgan fingerprint density at radius 3 is 2.75 bits per heavy atom. The molecule has 0 fully saturated rings. The third-order valence-electron chi connectivity index (χ3n) is 3.94. The molecule has 140 valence electrons. The highest BCUT2D eigenvalue weighted by Gasteiger charge is 2.17. The van der Waals surface area contributed by atoms with Crippen LogP contribution in [0.15, 0.2) is 63.7 Å². The molecule has 0 aliphatic rings. The Bertz CT molecular complexity index is 1150. The highest BCUT2D eigenvalue weighted by atomic mass is 16.5. The smallest absolute Gasteiger partial charge is 0.339 e. The van der Waals surface area contributed by atoms with Gasteiger partial charge in [0, 0.05) is 11.5 Å². The average Bonchev–Trinajstić information content (AvgIpc) is 3.37. The van der Waals surface area contributed by atoms with Gasteiger partial charge in [-0.1, -0.05) is 23.4 Å². The molecule has 3 aromatic heterocycles. The van der Waals surface area contributed by atoms with Crippen LogP contribution in [0.2, 0.25) is 0 Å². The lowest BCUT2D eigenvalue weighted by Crippen LogP contribution is -2.21. The van der Waals surface area contributed by atoms with Crippen LogP contribution < -0.4 is 5.32 Å². The number of anilines is 1. The second-order valence-electron chi connectivity index (χ2n) is 6.00. The zero-order valence-corrected chi connectivity index (χ0v) is 14.8. The van der Waals surface area contributed by atoms with Gasteiger partial charge in [0.05, 0.1) is 17.3 Å². The van der Waals surface area contributed by atoms with Gasteiger partial charge in [-0.15, -0.1) is 0 Å². The number of aryl methyl sites for hydroxylation is 1. The number of nitrogens with one attached hydrogen (secondary N) is 1. The van der Waals surface area contributed by atoms with Gasteiger partial charge in [-0.2, -0.15) is 0 Å². The highest BCUT2D eigenvalue weighted by Crippen LogP contribution is 2.25. The van der Waals surface area contributed by atoms with Crippen LogP contribution >= 0.6 is 0 Å². The number of aromatic nitrogens is 2. The Morgan fingerprint density at radius 1 is 1.14 bits per heavy atom. The van der Waals surface area contributed by atoms with Crippen LogP contribution in [0.4, 0.5) is 5.82 Å². The number of carbonyl (C=O) groups excluding carboxylic acids is 2. The van der Waals surface area contributed by atoms with E-state index in [0.717, 1.165) is 0 Å². The molecule has 4 rings (SSSR count). The SMILES string of the molecule is Cc1cc(NC(=O)COC(=O)c2cc(-c3ccco3)nc3ccccc23)no1. The maximum atomic E-state index is 12.6. The minimum absolute atomic E-state index is 0.257. The number of nitrogens with zero attached hydrogens (tertiary/aromatic N) is 2. The summed E-state index contributed by atoms with van der Waals surface area (Å²) >= 11 is 0. The van der Waals surface area contributed by atoms with Crippen molar-refractivity contribution in [3.8, 4) is 11.5 Å². The van der Waals surface area contributed by atoms with Crippen molar-refractivity contribution >= 4 is 28.6 Å². The molecule has 4 aromatic rings. The number of para-hydroxylation sites is 1. The van der Waals surface area contributed by atoms with Gasteiger partial charge in [-0.3, -0.25) is 4.79 Å². The molecular formula is C20H15N3O5. The molecule has 0 aliphatic carbocycles. The molecule has 1 amide bonds. The first-order valence-corrected chi connectivity index (χ1v) is 8.44. The number of hydrogen-bond donors (Lipinski definition) is 1. The van der Waals surface area contributed by atoms with E-state index in [1.807, 2.05) is 6.07 Å². The molecule has 0 radical (unpaired) electrons. The fourth-order valence-corrected chi connectivity index (χ4v) is 2.71. The molecule has 0 spiro atoms. The van der Waals surface area contributed by atoms with Crippen LogP contribution in [0.5, 0.6) is 0 Å². The summed E-state index contributed by atoms with van der Waals surface area (Å²) in [5, 5.41) is 6.77. The van der Waals surface area contributed by atoms with E-state index < -0.39 is 18.5 Å². The van der Waals surface area contributed by atoms with E-state index in [-0.39, 0.29) is 5.82 Å². The lowest BCUT2D eigenvalue weighted by molar-refractivity contribution is -0.119. The number of amides is 1. The van der Waals surface area contributed by atoms with Crippen molar-refractivity contribution in [1.82, 2.24) is 10.1 Å². The molecule has 3 heterocycles. The maximum Gasteiger partial charge on any atom is 0.339 e. The third kappa shape index (κ3) is 3.61. The van der Waals surface area contributed by atoms with Gasteiger partial charge in [0.2, 0.25) is 0 Å². The Morgan fingerprint density at radius 2 is 2.00 bits per heavy atom. The number of pyridine rings is 1. The first-order chi connectivity index (χ1) is 13.6. The van der Waals surface area contributed by atoms with E-state index in [1.54, 1.807) is 49.4 Å². The standard InChI is InChI=1S/C20H15N3O5/c1-12-9-18(23-28-12)22-19(24)11-27-20(25)14-10-16(17-7-4-8-26-17)21-15-6-3-2-5-13(14)15/h2-10H,11H2,1H3,(H,22,23,24). The monoisotopic (exact) mass is 377 g/mol. The Labute approximate surface area is 159 Å². The van der Waals surface area contributed by atoms with Crippen molar-refractivity contribution in [3.63, 3.8) is 0 Å². The molecule has 0 aliphatic heterocycles. The summed E-state index contributed by atoms with van der Waals surface area (Å²) in [4.78, 5) is 29.1. The molecule has 0 atom stereocenters. The lowest BCUT2D eigenvalue weighted by Gasteiger charge is -2.09. The molecular weight excluding hydrogens is 362 g/mol. The van der Waals surface area contributed by atoms with Gasteiger partial charge in [0.15, 0.2) is 18.2 Å². The third-order valence-corrected chi connectivity index (χ3v) is 3.94. The van der Waals surface area contributed by atoms with Gasteiger partial charge in [0.25, 0.3) is 5.91 Å². The fraction of sp³-hybridized carbons (Fsp3) is 0.100. The number of rotatable bonds is 5. The predicted molar refractivity (Wildman–Crippen MR) is 99.6 cm³/mol. The lowest BCUT2D eigenvalue weighted by atomic mass is 10.1. The number of ether oxygens (including phenoxy) is 1. The fourth-order valence-electron chi connectivity index (χ4n) is 2.71. The Hall–Kier alpha value is -3.94. The van der Waals surface area contributed by atoms with Gasteiger partial charge >= 0.3 is 5.97 Å². The second-order valence-corrected chi connectivity index (χ2v) is 6.00. The summed E-state index contributed by atoms with van der Waals surface area (Å²) in [7, 11) is 0. The predicted octanol–water partition coefficient (Wildman–Crippen LogP) is 3.59. The van der Waals surface area contributed by atoms with Crippen LogP contribution in [0.25, 0.3) is 22.4 Å². The number of carbonyl (C=O) groups is 2. The Kier molecular flexibility index (Phi) is 4.59. The summed E-state index contributed by atoms with van der Waals surface area (Å²) in [6.45, 7) is 1.24. The topological polar surface area (TPSA) is 107 Å². The number of esters is 1. The molecule has 0 unspecified atom stereocenters. The van der Waals surface area contributed by atoms with E-state index in [9.17, 15) is 9.59 Å². The van der Waals surface area contributed by atoms with Crippen LogP contribution in [0, 0.1) is 6.92 Å². The van der Waals surface area contributed by atoms with E-state index in [1.165, 1.54) is 6.26 Å². The van der Waals surface area contributed by atoms with E-state index >= 15 is 0 Å². The van der Waals surface area contributed by atoms with Gasteiger partial charge in [0.1, 0.15) is 11.5 Å². The molecule has 8 heteroatoms. The van der Waals surface area contributed by atoms with E-state index in [0.29, 0.717) is 33.7 Å². The molecule has 0 saturated heterocycles. The van der Waals surface area contributed by atoms with Crippen molar-refractivity contribution in [2.75, 3.05) is 11.9 Å². The number of furan rings is 1. The summed E-state index contributed by atoms with van der Waals surface area (Å²) in [6, 6.07) is 13.8. The zero-order chi connectivity index (χ0) is 19.5. The average molecular weight is 377 g/mol. The van der Waals surface area contributed by atoms with Crippen molar-refractivity contribution in [3.05, 3.63) is 66.1 Å². The largest absolute Gasteiger partial charge is 0.463 e. The number of fused-ring (bicyclic) bond motifs is 1. The van der Waals surface area contributed by atoms with Gasteiger partial charge in [-0.25, -0.2) is 9.78 Å². The van der Waals surface area contributed by atoms with Crippen LogP contribution in [0.1, 0.15) is 16.1 Å². The first-order valence-electron chi connectivity index (χ1n) is 8.44. The summed E-state index contributed by atoms with van der Waals surface area (Å²) in [5.41, 5.74) is 1.41. The van der Waals surface area contributed by atoms with Crippen molar-refractivity contribution in [1.29, 1.82) is 0 Å². The van der Waals surface area contributed by atoms with Crippen LogP contribution in [-0.4, -0.2) is 28.6 Å². The molecule has 28 heavy (non-hydrogen) atoms. The summed E-state index contributed by atoms with van der Waals surface area (Å²) in [6.07, 6.45) is 1.53. The quantitative estimate of drug-likeness (QED) is 0.530. The van der Waals surface area contributed by atoms with Gasteiger partial charge in [-0.05, 0) is 31.2 Å². The van der Waals surface area contributed by atoms with Crippen LogP contribution in [0.3, 0.4) is 0 Å². The second kappa shape index (κ2) is 7.36. The number of benzene rings is 1. The normalized spacial score (nSPS) is 10.8. The molecule has 0 bridgehead atoms. The van der Waals surface area contributed by atoms with Crippen molar-refractivity contribution in [2.45, 2.75) is 6.92 Å². The zero-order valence-electron chi connectivity index (χ0n) is 14.8. The maximum absolute atomic E-state index is 12.6. The molecule has 8 nitrogen and oxygen atoms in total. The minimum Gasteiger partial charge on any atom is -0.463 e. The first kappa shape index (κ1) is 17.5. The van der Waals surface area contributed by atoms with Gasteiger partial charge < -0.3 is 19.0 Å². The van der Waals surface area contributed by atoms with Crippen molar-refractivity contribution < 1.29 is 23.3 Å². The summed E-state index contributed by atoms with van der Waals surface area (Å²) in [5.74, 6) is 0.178. The van der Waals surface area contributed by atoms with Crippen molar-refractivity contribution in [2.24, 2.45) is 0 Å². The van der Waals surface area contributed by atoms with Crippen LogP contribution in [-0.2, 0) is 9.53 Å². The minimum atomic E-state index is -0.641.